The predicted molar refractivity (Wildman–Crippen MR) is 115 cm³/mol. The monoisotopic (exact) mass is 450 g/mol. The third-order valence-corrected chi connectivity index (χ3v) is 4.78. The maximum atomic E-state index is 12.1. The number of methoxy groups -OCH3 is 2. The molecule has 0 aliphatic carbocycles. The fourth-order valence-electron chi connectivity index (χ4n) is 3.00. The molecule has 2 heterocycles. The Hall–Kier alpha value is -4.21. The number of nitrogens with zero attached hydrogens (tertiary/aromatic N) is 4. The van der Waals surface area contributed by atoms with Gasteiger partial charge in [0.05, 0.1) is 26.2 Å². The van der Waals surface area contributed by atoms with E-state index in [0.717, 1.165) is 11.1 Å². The molecule has 0 saturated heterocycles. The van der Waals surface area contributed by atoms with Crippen LogP contribution in [0.1, 0.15) is 23.8 Å². The van der Waals surface area contributed by atoms with Gasteiger partial charge >= 0.3 is 5.97 Å². The summed E-state index contributed by atoms with van der Waals surface area (Å²) >= 11 is 0. The summed E-state index contributed by atoms with van der Waals surface area (Å²) in [6, 6.07) is 13.0. The van der Waals surface area contributed by atoms with Crippen LogP contribution in [0.3, 0.4) is 0 Å². The van der Waals surface area contributed by atoms with Crippen LogP contribution in [0.15, 0.2) is 51.4 Å². The lowest BCUT2D eigenvalue weighted by Crippen LogP contribution is -2.06. The summed E-state index contributed by atoms with van der Waals surface area (Å²) in [7, 11) is 3.10. The highest BCUT2D eigenvalue weighted by Gasteiger charge is 2.16. The first-order valence-corrected chi connectivity index (χ1v) is 10.2. The normalized spacial score (nSPS) is 10.8. The fourth-order valence-corrected chi connectivity index (χ4v) is 3.00. The molecule has 0 bridgehead atoms. The van der Waals surface area contributed by atoms with E-state index >= 15 is 0 Å². The van der Waals surface area contributed by atoms with E-state index in [4.69, 9.17) is 23.2 Å². The van der Waals surface area contributed by atoms with Crippen LogP contribution in [0, 0.1) is 6.92 Å². The SMILES string of the molecule is COc1ccc(-c2noc(COC(=O)CCc3nnc(-c4ccc(C)cc4)o3)n2)c(OC)c1. The molecule has 0 fully saturated rings. The Morgan fingerprint density at radius 2 is 1.82 bits per heavy atom. The topological polar surface area (TPSA) is 123 Å². The van der Waals surface area contributed by atoms with Crippen LogP contribution in [0.5, 0.6) is 11.5 Å². The summed E-state index contributed by atoms with van der Waals surface area (Å²) in [6.45, 7) is 1.85. The highest BCUT2D eigenvalue weighted by Crippen LogP contribution is 2.31. The van der Waals surface area contributed by atoms with Crippen molar-refractivity contribution in [2.75, 3.05) is 14.2 Å². The number of carbonyl (C=O) groups excluding carboxylic acids is 1. The zero-order valence-electron chi connectivity index (χ0n) is 18.4. The number of hydrogen-bond donors (Lipinski definition) is 0. The first kappa shape index (κ1) is 22.0. The Morgan fingerprint density at radius 3 is 2.58 bits per heavy atom. The van der Waals surface area contributed by atoms with Crippen molar-refractivity contribution in [1.82, 2.24) is 20.3 Å². The summed E-state index contributed by atoms with van der Waals surface area (Å²) in [4.78, 5) is 16.4. The first-order valence-electron chi connectivity index (χ1n) is 10.2. The Morgan fingerprint density at radius 1 is 1.00 bits per heavy atom. The summed E-state index contributed by atoms with van der Waals surface area (Å²) in [5.74, 6) is 1.96. The molecule has 0 spiro atoms. The number of hydrogen-bond acceptors (Lipinski definition) is 10. The van der Waals surface area contributed by atoms with Crippen LogP contribution in [0.25, 0.3) is 22.8 Å². The molecule has 0 saturated carbocycles. The lowest BCUT2D eigenvalue weighted by atomic mass is 10.1. The molecule has 33 heavy (non-hydrogen) atoms. The van der Waals surface area contributed by atoms with Crippen molar-refractivity contribution in [1.29, 1.82) is 0 Å². The molecule has 0 radical (unpaired) electrons. The molecule has 170 valence electrons. The van der Waals surface area contributed by atoms with Gasteiger partial charge in [0.1, 0.15) is 11.5 Å². The van der Waals surface area contributed by atoms with Crippen LogP contribution in [-0.2, 0) is 22.6 Å². The molecule has 0 N–H and O–H groups in total. The van der Waals surface area contributed by atoms with Crippen molar-refractivity contribution >= 4 is 5.97 Å². The Bertz CT molecular complexity index is 1230. The number of benzene rings is 2. The molecule has 4 rings (SSSR count). The Labute approximate surface area is 189 Å². The largest absolute Gasteiger partial charge is 0.497 e. The average molecular weight is 450 g/mol. The second-order valence-electron chi connectivity index (χ2n) is 7.11. The minimum Gasteiger partial charge on any atom is -0.497 e. The maximum absolute atomic E-state index is 12.1. The van der Waals surface area contributed by atoms with Crippen molar-refractivity contribution in [3.05, 3.63) is 59.8 Å². The number of ether oxygens (including phenoxy) is 3. The number of rotatable bonds is 9. The quantitative estimate of drug-likeness (QED) is 0.348. The van der Waals surface area contributed by atoms with Gasteiger partial charge in [-0.15, -0.1) is 10.2 Å². The van der Waals surface area contributed by atoms with Crippen LogP contribution in [0.4, 0.5) is 0 Å². The number of esters is 1. The molecule has 2 aromatic carbocycles. The van der Waals surface area contributed by atoms with E-state index in [2.05, 4.69) is 20.3 Å². The van der Waals surface area contributed by atoms with Crippen LogP contribution < -0.4 is 9.47 Å². The highest BCUT2D eigenvalue weighted by atomic mass is 16.6. The number of aryl methyl sites for hydroxylation is 2. The van der Waals surface area contributed by atoms with Gasteiger partial charge in [-0.3, -0.25) is 4.79 Å². The Balaban J connectivity index is 1.30. The van der Waals surface area contributed by atoms with Gasteiger partial charge in [-0.2, -0.15) is 4.98 Å². The molecule has 2 aromatic heterocycles. The fraction of sp³-hybridized carbons (Fsp3) is 0.261. The van der Waals surface area contributed by atoms with Gasteiger partial charge < -0.3 is 23.2 Å². The smallest absolute Gasteiger partial charge is 0.306 e. The second kappa shape index (κ2) is 9.94. The van der Waals surface area contributed by atoms with Gasteiger partial charge in [-0.05, 0) is 31.2 Å². The highest BCUT2D eigenvalue weighted by molar-refractivity contribution is 5.69. The van der Waals surface area contributed by atoms with Crippen molar-refractivity contribution in [2.45, 2.75) is 26.4 Å². The minimum atomic E-state index is -0.452. The lowest BCUT2D eigenvalue weighted by Gasteiger charge is -2.07. The molecule has 0 aliphatic rings. The van der Waals surface area contributed by atoms with E-state index in [-0.39, 0.29) is 25.3 Å². The summed E-state index contributed by atoms with van der Waals surface area (Å²) in [5, 5.41) is 11.9. The molecule has 4 aromatic rings. The van der Waals surface area contributed by atoms with E-state index in [1.54, 1.807) is 25.3 Å². The van der Waals surface area contributed by atoms with Gasteiger partial charge in [0.2, 0.25) is 17.6 Å². The van der Waals surface area contributed by atoms with Crippen LogP contribution in [-0.4, -0.2) is 40.5 Å². The van der Waals surface area contributed by atoms with Crippen molar-refractivity contribution in [2.24, 2.45) is 0 Å². The van der Waals surface area contributed by atoms with Crippen molar-refractivity contribution in [3.63, 3.8) is 0 Å². The van der Waals surface area contributed by atoms with Crippen LogP contribution >= 0.6 is 0 Å². The molecule has 0 unspecified atom stereocenters. The van der Waals surface area contributed by atoms with Gasteiger partial charge in [0.15, 0.2) is 6.61 Å². The predicted octanol–water partition coefficient (Wildman–Crippen LogP) is 3.79. The third-order valence-electron chi connectivity index (χ3n) is 4.78. The zero-order chi connectivity index (χ0) is 23.2. The maximum Gasteiger partial charge on any atom is 0.306 e. The van der Waals surface area contributed by atoms with E-state index in [9.17, 15) is 4.79 Å². The number of aromatic nitrogens is 4. The molecule has 0 amide bonds. The first-order chi connectivity index (χ1) is 16.1. The summed E-state index contributed by atoms with van der Waals surface area (Å²) < 4.78 is 26.6. The minimum absolute atomic E-state index is 0.0723. The zero-order valence-corrected chi connectivity index (χ0v) is 18.4. The Kier molecular flexibility index (Phi) is 6.63. The summed E-state index contributed by atoms with van der Waals surface area (Å²) in [5.41, 5.74) is 2.58. The van der Waals surface area contributed by atoms with Gasteiger partial charge in [-0.25, -0.2) is 0 Å². The van der Waals surface area contributed by atoms with E-state index in [0.29, 0.717) is 34.7 Å². The van der Waals surface area contributed by atoms with Crippen molar-refractivity contribution < 1.29 is 27.9 Å². The molecular weight excluding hydrogens is 428 g/mol. The van der Waals surface area contributed by atoms with Gasteiger partial charge in [-0.1, -0.05) is 22.9 Å². The molecule has 0 aliphatic heterocycles. The van der Waals surface area contributed by atoms with E-state index in [1.165, 1.54) is 7.11 Å². The van der Waals surface area contributed by atoms with Crippen molar-refractivity contribution in [3.8, 4) is 34.3 Å². The average Bonchev–Trinajstić information content (AvgIpc) is 3.51. The van der Waals surface area contributed by atoms with E-state index in [1.807, 2.05) is 31.2 Å². The number of carbonyl (C=O) groups is 1. The molecule has 10 nitrogen and oxygen atoms in total. The third kappa shape index (κ3) is 5.35. The molecule has 10 heteroatoms. The van der Waals surface area contributed by atoms with E-state index < -0.39 is 5.97 Å². The van der Waals surface area contributed by atoms with Gasteiger partial charge in [0, 0.05) is 18.1 Å². The van der Waals surface area contributed by atoms with Gasteiger partial charge in [0.25, 0.3) is 5.89 Å². The second-order valence-corrected chi connectivity index (χ2v) is 7.11. The lowest BCUT2D eigenvalue weighted by molar-refractivity contribution is -0.145. The molecular formula is C23H22N4O6. The molecule has 0 atom stereocenters. The standard InChI is InChI=1S/C23H22N4O6/c1-14-4-6-15(7-5-14)23-26-25-19(32-23)10-11-21(28)31-13-20-24-22(27-33-20)17-9-8-16(29-2)12-18(17)30-3/h4-9,12H,10-11,13H2,1-3H3. The van der Waals surface area contributed by atoms with Crippen LogP contribution in [0.2, 0.25) is 0 Å². The summed E-state index contributed by atoms with van der Waals surface area (Å²) in [6.07, 6.45) is 0.332.